The lowest BCUT2D eigenvalue weighted by Crippen LogP contribution is -2.56. The lowest BCUT2D eigenvalue weighted by Gasteiger charge is -2.36. The highest BCUT2D eigenvalue weighted by Crippen LogP contribution is 2.16. The van der Waals surface area contributed by atoms with Gasteiger partial charge in [0.05, 0.1) is 10.6 Å². The van der Waals surface area contributed by atoms with Crippen LogP contribution in [0.15, 0.2) is 24.3 Å². The quantitative estimate of drug-likeness (QED) is 0.885. The topological polar surface area (TPSA) is 52.6 Å². The summed E-state index contributed by atoms with van der Waals surface area (Å²) in [6.45, 7) is 10.2. The van der Waals surface area contributed by atoms with Crippen molar-refractivity contribution < 1.29 is 9.59 Å². The molecule has 1 aliphatic rings. The molecule has 132 valence electrons. The van der Waals surface area contributed by atoms with Crippen molar-refractivity contribution in [2.24, 2.45) is 5.92 Å². The lowest BCUT2D eigenvalue weighted by molar-refractivity contribution is -0.136. The van der Waals surface area contributed by atoms with Gasteiger partial charge in [0.2, 0.25) is 5.91 Å². The summed E-state index contributed by atoms with van der Waals surface area (Å²) in [5, 5.41) is 3.26. The number of piperazine rings is 1. The van der Waals surface area contributed by atoms with Gasteiger partial charge in [0.25, 0.3) is 5.91 Å². The predicted molar refractivity (Wildman–Crippen MR) is 96.2 cm³/mol. The fourth-order valence-electron chi connectivity index (χ4n) is 2.86. The van der Waals surface area contributed by atoms with Crippen molar-refractivity contribution in [3.8, 4) is 0 Å². The molecule has 1 N–H and O–H groups in total. The highest BCUT2D eigenvalue weighted by atomic mass is 35.5. The molecule has 1 heterocycles. The highest BCUT2D eigenvalue weighted by molar-refractivity contribution is 6.33. The first-order chi connectivity index (χ1) is 11.4. The van der Waals surface area contributed by atoms with Crippen LogP contribution in [0.2, 0.25) is 5.02 Å². The zero-order valence-corrected chi connectivity index (χ0v) is 15.3. The summed E-state index contributed by atoms with van der Waals surface area (Å²) < 4.78 is 0. The fourth-order valence-corrected chi connectivity index (χ4v) is 3.08. The number of hydrogen-bond donors (Lipinski definition) is 1. The number of likely N-dealkylation sites (N-methyl/N-ethyl adjacent to an activating group) is 1. The van der Waals surface area contributed by atoms with Crippen molar-refractivity contribution in [3.63, 3.8) is 0 Å². The predicted octanol–water partition coefficient (Wildman–Crippen LogP) is 2.26. The minimum absolute atomic E-state index is 0.00754. The Morgan fingerprint density at radius 2 is 1.79 bits per heavy atom. The Hall–Kier alpha value is -1.59. The lowest BCUT2D eigenvalue weighted by atomic mass is 10.0. The maximum absolute atomic E-state index is 12.8. The van der Waals surface area contributed by atoms with Gasteiger partial charge in [-0.05, 0) is 24.6 Å². The number of rotatable bonds is 5. The molecule has 1 saturated heterocycles. The number of hydrogen-bond acceptors (Lipinski definition) is 3. The SMILES string of the molecule is CCN1CCN(C(=O)C(NC(=O)c2ccccc2Cl)C(C)C)CC1. The Morgan fingerprint density at radius 1 is 1.17 bits per heavy atom. The summed E-state index contributed by atoms with van der Waals surface area (Å²) in [5.74, 6) is -0.311. The van der Waals surface area contributed by atoms with Crippen molar-refractivity contribution in [1.82, 2.24) is 15.1 Å². The Bertz CT molecular complexity index is 583. The first kappa shape index (κ1) is 18.7. The maximum Gasteiger partial charge on any atom is 0.253 e. The van der Waals surface area contributed by atoms with E-state index in [1.54, 1.807) is 24.3 Å². The number of halogens is 1. The number of nitrogens with zero attached hydrogens (tertiary/aromatic N) is 2. The molecular weight excluding hydrogens is 326 g/mol. The minimum Gasteiger partial charge on any atom is -0.340 e. The minimum atomic E-state index is -0.540. The zero-order valence-electron chi connectivity index (χ0n) is 14.6. The number of carbonyl (C=O) groups is 2. The van der Waals surface area contributed by atoms with Gasteiger partial charge in [0, 0.05) is 26.2 Å². The van der Waals surface area contributed by atoms with E-state index in [2.05, 4.69) is 17.1 Å². The van der Waals surface area contributed by atoms with Gasteiger partial charge in [0.1, 0.15) is 6.04 Å². The van der Waals surface area contributed by atoms with Crippen LogP contribution in [-0.2, 0) is 4.79 Å². The van der Waals surface area contributed by atoms with Crippen molar-refractivity contribution >= 4 is 23.4 Å². The van der Waals surface area contributed by atoms with Crippen LogP contribution >= 0.6 is 11.6 Å². The van der Waals surface area contributed by atoms with Gasteiger partial charge in [-0.3, -0.25) is 9.59 Å². The standard InChI is InChI=1S/C18H26ClN3O2/c1-4-21-9-11-22(12-10-21)18(24)16(13(2)3)20-17(23)14-7-5-6-8-15(14)19/h5-8,13,16H,4,9-12H2,1-3H3,(H,20,23). The average Bonchev–Trinajstić information content (AvgIpc) is 2.59. The maximum atomic E-state index is 12.8. The second-order valence-electron chi connectivity index (χ2n) is 6.43. The van der Waals surface area contributed by atoms with E-state index in [1.807, 2.05) is 18.7 Å². The van der Waals surface area contributed by atoms with Crippen LogP contribution in [0.4, 0.5) is 0 Å². The van der Waals surface area contributed by atoms with E-state index in [4.69, 9.17) is 11.6 Å². The molecule has 0 spiro atoms. The normalized spacial score (nSPS) is 17.0. The first-order valence-electron chi connectivity index (χ1n) is 8.50. The van der Waals surface area contributed by atoms with Gasteiger partial charge < -0.3 is 15.1 Å². The van der Waals surface area contributed by atoms with E-state index >= 15 is 0 Å². The Labute approximate surface area is 149 Å². The number of amides is 2. The molecule has 6 heteroatoms. The summed E-state index contributed by atoms with van der Waals surface area (Å²) in [5.41, 5.74) is 0.397. The second-order valence-corrected chi connectivity index (χ2v) is 6.84. The van der Waals surface area contributed by atoms with Crippen LogP contribution < -0.4 is 5.32 Å². The van der Waals surface area contributed by atoms with Crippen LogP contribution in [0.25, 0.3) is 0 Å². The molecule has 1 aliphatic heterocycles. The van der Waals surface area contributed by atoms with Gasteiger partial charge in [-0.1, -0.05) is 44.5 Å². The van der Waals surface area contributed by atoms with Gasteiger partial charge in [-0.15, -0.1) is 0 Å². The summed E-state index contributed by atoms with van der Waals surface area (Å²) >= 11 is 6.08. The van der Waals surface area contributed by atoms with Crippen LogP contribution in [-0.4, -0.2) is 60.4 Å². The molecule has 0 radical (unpaired) electrons. The van der Waals surface area contributed by atoms with E-state index in [0.29, 0.717) is 23.7 Å². The number of benzene rings is 1. The third-order valence-electron chi connectivity index (χ3n) is 4.47. The van der Waals surface area contributed by atoms with E-state index < -0.39 is 6.04 Å². The molecule has 0 aromatic heterocycles. The van der Waals surface area contributed by atoms with Crippen LogP contribution in [0.1, 0.15) is 31.1 Å². The largest absolute Gasteiger partial charge is 0.340 e. The smallest absolute Gasteiger partial charge is 0.253 e. The summed E-state index contributed by atoms with van der Waals surface area (Å²) in [6, 6.07) is 6.34. The molecule has 24 heavy (non-hydrogen) atoms. The van der Waals surface area contributed by atoms with Gasteiger partial charge in [-0.25, -0.2) is 0 Å². The van der Waals surface area contributed by atoms with Crippen LogP contribution in [0.3, 0.4) is 0 Å². The number of carbonyl (C=O) groups excluding carboxylic acids is 2. The Kier molecular flexibility index (Phi) is 6.63. The van der Waals surface area contributed by atoms with Crippen molar-refractivity contribution in [1.29, 1.82) is 0 Å². The number of nitrogens with one attached hydrogen (secondary N) is 1. The summed E-state index contributed by atoms with van der Waals surface area (Å²) in [7, 11) is 0. The molecule has 2 amide bonds. The molecular formula is C18H26ClN3O2. The first-order valence-corrected chi connectivity index (χ1v) is 8.88. The molecule has 0 bridgehead atoms. The van der Waals surface area contributed by atoms with Crippen LogP contribution in [0, 0.1) is 5.92 Å². The fraction of sp³-hybridized carbons (Fsp3) is 0.556. The Balaban J connectivity index is 2.05. The van der Waals surface area contributed by atoms with Crippen molar-refractivity contribution in [2.45, 2.75) is 26.8 Å². The third-order valence-corrected chi connectivity index (χ3v) is 4.80. The second kappa shape index (κ2) is 8.49. The van der Waals surface area contributed by atoms with E-state index in [9.17, 15) is 9.59 Å². The molecule has 1 atom stereocenters. The molecule has 1 fully saturated rings. The average molecular weight is 352 g/mol. The van der Waals surface area contributed by atoms with Gasteiger partial charge in [-0.2, -0.15) is 0 Å². The van der Waals surface area contributed by atoms with Crippen molar-refractivity contribution in [2.75, 3.05) is 32.7 Å². The molecule has 1 aromatic carbocycles. The summed E-state index contributed by atoms with van der Waals surface area (Å²) in [6.07, 6.45) is 0. The van der Waals surface area contributed by atoms with E-state index in [-0.39, 0.29) is 17.7 Å². The van der Waals surface area contributed by atoms with E-state index in [0.717, 1.165) is 19.6 Å². The molecule has 5 nitrogen and oxygen atoms in total. The van der Waals surface area contributed by atoms with Gasteiger partial charge in [0.15, 0.2) is 0 Å². The zero-order chi connectivity index (χ0) is 17.7. The highest BCUT2D eigenvalue weighted by Gasteiger charge is 2.30. The molecule has 1 unspecified atom stereocenters. The molecule has 2 rings (SSSR count). The van der Waals surface area contributed by atoms with Crippen molar-refractivity contribution in [3.05, 3.63) is 34.9 Å². The third kappa shape index (κ3) is 4.48. The Morgan fingerprint density at radius 3 is 2.33 bits per heavy atom. The van der Waals surface area contributed by atoms with Gasteiger partial charge >= 0.3 is 0 Å². The molecule has 0 saturated carbocycles. The monoisotopic (exact) mass is 351 g/mol. The summed E-state index contributed by atoms with van der Waals surface area (Å²) in [4.78, 5) is 29.5. The van der Waals surface area contributed by atoms with Crippen LogP contribution in [0.5, 0.6) is 0 Å². The molecule has 1 aromatic rings. The molecule has 0 aliphatic carbocycles. The van der Waals surface area contributed by atoms with E-state index in [1.165, 1.54) is 0 Å².